The van der Waals surface area contributed by atoms with E-state index in [-0.39, 0.29) is 18.4 Å². The van der Waals surface area contributed by atoms with Crippen LogP contribution in [0.4, 0.5) is 8.78 Å². The Morgan fingerprint density at radius 1 is 1.20 bits per heavy atom. The molecule has 110 valence electrons. The number of carbonyl (C=O) groups excluding carboxylic acids is 1. The lowest BCUT2D eigenvalue weighted by Gasteiger charge is -2.21. The van der Waals surface area contributed by atoms with Crippen LogP contribution in [-0.4, -0.2) is 23.2 Å². The summed E-state index contributed by atoms with van der Waals surface area (Å²) in [5.41, 5.74) is 0.421. The average Bonchev–Trinajstić information content (AvgIpc) is 2.59. The minimum atomic E-state index is -0.954. The van der Waals surface area contributed by atoms with Crippen molar-refractivity contribution in [3.8, 4) is 0 Å². The Labute approximate surface area is 117 Å². The zero-order chi connectivity index (χ0) is 14.5. The van der Waals surface area contributed by atoms with Crippen LogP contribution in [0.3, 0.4) is 0 Å². The van der Waals surface area contributed by atoms with Gasteiger partial charge in [0.15, 0.2) is 11.6 Å². The number of aliphatic hydroxyl groups excluding tert-OH is 1. The zero-order valence-corrected chi connectivity index (χ0v) is 11.2. The Morgan fingerprint density at radius 3 is 2.70 bits per heavy atom. The van der Waals surface area contributed by atoms with Crippen molar-refractivity contribution in [3.05, 3.63) is 35.4 Å². The van der Waals surface area contributed by atoms with Crippen molar-refractivity contribution in [2.45, 2.75) is 50.7 Å². The molecule has 0 saturated heterocycles. The van der Waals surface area contributed by atoms with Crippen LogP contribution in [-0.2, 0) is 11.2 Å². The molecule has 0 radical (unpaired) electrons. The van der Waals surface area contributed by atoms with Crippen LogP contribution >= 0.6 is 0 Å². The normalized spacial score (nSPS) is 23.1. The fraction of sp³-hybridized carbons (Fsp3) is 0.533. The molecule has 0 aliphatic heterocycles. The van der Waals surface area contributed by atoms with E-state index < -0.39 is 17.7 Å². The SMILES string of the molecule is O=C(Cc1ccc(F)c(F)c1)NC1CCCCCC1O. The molecule has 1 saturated carbocycles. The molecular formula is C15H19F2NO2. The van der Waals surface area contributed by atoms with Crippen molar-refractivity contribution in [1.82, 2.24) is 5.32 Å². The number of halogens is 2. The number of aliphatic hydroxyl groups is 1. The summed E-state index contributed by atoms with van der Waals surface area (Å²) in [6.45, 7) is 0. The molecule has 1 amide bonds. The van der Waals surface area contributed by atoms with Crippen molar-refractivity contribution < 1.29 is 18.7 Å². The van der Waals surface area contributed by atoms with Gasteiger partial charge in [0.05, 0.1) is 18.6 Å². The van der Waals surface area contributed by atoms with Gasteiger partial charge < -0.3 is 10.4 Å². The van der Waals surface area contributed by atoms with Crippen molar-refractivity contribution >= 4 is 5.91 Å². The second-order valence-electron chi connectivity index (χ2n) is 5.30. The number of hydrogen-bond acceptors (Lipinski definition) is 2. The van der Waals surface area contributed by atoms with Gasteiger partial charge in [-0.05, 0) is 30.5 Å². The summed E-state index contributed by atoms with van der Waals surface area (Å²) >= 11 is 0. The number of hydrogen-bond donors (Lipinski definition) is 2. The number of nitrogens with one attached hydrogen (secondary N) is 1. The molecule has 0 spiro atoms. The van der Waals surface area contributed by atoms with Crippen LogP contribution in [0.1, 0.15) is 37.7 Å². The number of benzene rings is 1. The van der Waals surface area contributed by atoms with Gasteiger partial charge in [0.2, 0.25) is 5.91 Å². The van der Waals surface area contributed by atoms with E-state index in [9.17, 15) is 18.7 Å². The molecule has 0 heterocycles. The predicted octanol–water partition coefficient (Wildman–Crippen LogP) is 2.32. The first-order chi connectivity index (χ1) is 9.56. The smallest absolute Gasteiger partial charge is 0.224 e. The summed E-state index contributed by atoms with van der Waals surface area (Å²) in [7, 11) is 0. The first-order valence-electron chi connectivity index (χ1n) is 6.97. The molecule has 2 rings (SSSR count). The molecule has 3 nitrogen and oxygen atoms in total. The second-order valence-corrected chi connectivity index (χ2v) is 5.30. The highest BCUT2D eigenvalue weighted by molar-refractivity contribution is 5.78. The van der Waals surface area contributed by atoms with E-state index >= 15 is 0 Å². The molecule has 0 bridgehead atoms. The maximum Gasteiger partial charge on any atom is 0.224 e. The molecule has 1 aromatic carbocycles. The fourth-order valence-electron chi connectivity index (χ4n) is 2.55. The molecule has 2 atom stereocenters. The third-order valence-electron chi connectivity index (χ3n) is 3.67. The summed E-state index contributed by atoms with van der Waals surface area (Å²) in [5.74, 6) is -2.15. The lowest BCUT2D eigenvalue weighted by atomic mass is 10.1. The van der Waals surface area contributed by atoms with E-state index in [0.717, 1.165) is 37.8 Å². The second kappa shape index (κ2) is 6.79. The Bertz CT molecular complexity index is 479. The van der Waals surface area contributed by atoms with E-state index in [1.54, 1.807) is 0 Å². The molecule has 0 aromatic heterocycles. The fourth-order valence-corrected chi connectivity index (χ4v) is 2.55. The van der Waals surface area contributed by atoms with Gasteiger partial charge in [0.1, 0.15) is 0 Å². The molecular weight excluding hydrogens is 264 g/mol. The molecule has 2 N–H and O–H groups in total. The largest absolute Gasteiger partial charge is 0.391 e. The maximum absolute atomic E-state index is 13.1. The number of carbonyl (C=O) groups is 1. The minimum Gasteiger partial charge on any atom is -0.391 e. The topological polar surface area (TPSA) is 49.3 Å². The monoisotopic (exact) mass is 283 g/mol. The van der Waals surface area contributed by atoms with Crippen molar-refractivity contribution in [1.29, 1.82) is 0 Å². The van der Waals surface area contributed by atoms with Gasteiger partial charge in [-0.1, -0.05) is 25.3 Å². The highest BCUT2D eigenvalue weighted by atomic mass is 19.2. The highest BCUT2D eigenvalue weighted by Crippen LogP contribution is 2.18. The first kappa shape index (κ1) is 14.9. The van der Waals surface area contributed by atoms with E-state index in [4.69, 9.17) is 0 Å². The summed E-state index contributed by atoms with van der Waals surface area (Å²) in [5, 5.41) is 12.7. The van der Waals surface area contributed by atoms with Gasteiger partial charge in [-0.15, -0.1) is 0 Å². The Balaban J connectivity index is 1.92. The quantitative estimate of drug-likeness (QED) is 0.836. The van der Waals surface area contributed by atoms with Gasteiger partial charge >= 0.3 is 0 Å². The molecule has 2 unspecified atom stereocenters. The summed E-state index contributed by atoms with van der Waals surface area (Å²) in [4.78, 5) is 11.9. The third kappa shape index (κ3) is 4.00. The van der Waals surface area contributed by atoms with Crippen LogP contribution in [0.5, 0.6) is 0 Å². The van der Waals surface area contributed by atoms with E-state index in [2.05, 4.69) is 5.32 Å². The van der Waals surface area contributed by atoms with Crippen LogP contribution in [0.2, 0.25) is 0 Å². The zero-order valence-electron chi connectivity index (χ0n) is 11.2. The molecule has 1 aliphatic carbocycles. The minimum absolute atomic E-state index is 0.0135. The number of amides is 1. The molecule has 1 aliphatic rings. The van der Waals surface area contributed by atoms with Crippen molar-refractivity contribution in [2.24, 2.45) is 0 Å². The molecule has 20 heavy (non-hydrogen) atoms. The first-order valence-corrected chi connectivity index (χ1v) is 6.97. The maximum atomic E-state index is 13.1. The third-order valence-corrected chi connectivity index (χ3v) is 3.67. The van der Waals surface area contributed by atoms with Crippen LogP contribution < -0.4 is 5.32 Å². The molecule has 1 aromatic rings. The van der Waals surface area contributed by atoms with E-state index in [1.807, 2.05) is 0 Å². The van der Waals surface area contributed by atoms with Crippen LogP contribution in [0.25, 0.3) is 0 Å². The van der Waals surface area contributed by atoms with Crippen molar-refractivity contribution in [3.63, 3.8) is 0 Å². The van der Waals surface area contributed by atoms with Gasteiger partial charge in [0.25, 0.3) is 0 Å². The Hall–Kier alpha value is -1.49. The number of rotatable bonds is 3. The summed E-state index contributed by atoms with van der Waals surface area (Å²) in [6, 6.07) is 3.19. The summed E-state index contributed by atoms with van der Waals surface area (Å²) in [6.07, 6.45) is 3.92. The van der Waals surface area contributed by atoms with E-state index in [1.165, 1.54) is 6.07 Å². The van der Waals surface area contributed by atoms with Gasteiger partial charge in [-0.25, -0.2) is 8.78 Å². The van der Waals surface area contributed by atoms with Gasteiger partial charge in [-0.3, -0.25) is 4.79 Å². The lowest BCUT2D eigenvalue weighted by molar-refractivity contribution is -0.122. The van der Waals surface area contributed by atoms with Crippen LogP contribution in [0.15, 0.2) is 18.2 Å². The van der Waals surface area contributed by atoms with Gasteiger partial charge in [-0.2, -0.15) is 0 Å². The highest BCUT2D eigenvalue weighted by Gasteiger charge is 2.23. The lowest BCUT2D eigenvalue weighted by Crippen LogP contribution is -2.43. The van der Waals surface area contributed by atoms with E-state index in [0.29, 0.717) is 12.0 Å². The van der Waals surface area contributed by atoms with Gasteiger partial charge in [0, 0.05) is 0 Å². The Morgan fingerprint density at radius 2 is 1.95 bits per heavy atom. The predicted molar refractivity (Wildman–Crippen MR) is 71.1 cm³/mol. The Kier molecular flexibility index (Phi) is 5.06. The van der Waals surface area contributed by atoms with Crippen LogP contribution in [0, 0.1) is 11.6 Å². The average molecular weight is 283 g/mol. The summed E-state index contributed by atoms with van der Waals surface area (Å²) < 4.78 is 25.9. The molecule has 1 fully saturated rings. The molecule has 5 heteroatoms. The van der Waals surface area contributed by atoms with Crippen molar-refractivity contribution in [2.75, 3.05) is 0 Å². The standard InChI is InChI=1S/C15H19F2NO2/c16-11-7-6-10(8-12(11)17)9-15(20)18-13-4-2-1-3-5-14(13)19/h6-8,13-14,19H,1-5,9H2,(H,18,20).